The quantitative estimate of drug-likeness (QED) is 0.851. The third-order valence-corrected chi connectivity index (χ3v) is 2.33. The Kier molecular flexibility index (Phi) is 3.09. The molecule has 2 N–H and O–H groups in total. The Morgan fingerprint density at radius 1 is 1.38 bits per heavy atom. The molecule has 0 bridgehead atoms. The summed E-state index contributed by atoms with van der Waals surface area (Å²) in [6.07, 6.45) is 0. The number of amides is 1. The molecule has 1 amide bonds. The van der Waals surface area contributed by atoms with E-state index < -0.39 is 0 Å². The van der Waals surface area contributed by atoms with Gasteiger partial charge in [-0.1, -0.05) is 29.8 Å². The lowest BCUT2D eigenvalue weighted by Gasteiger charge is -2.07. The van der Waals surface area contributed by atoms with Crippen LogP contribution in [0.4, 0.5) is 0 Å². The van der Waals surface area contributed by atoms with Crippen LogP contribution in [-0.2, 0) is 0 Å². The lowest BCUT2D eigenvalue weighted by Crippen LogP contribution is -2.11. The molecule has 1 rings (SSSR count). The SMILES string of the molecule is CC(C)c1cc(Br)cc(C(N)=O)c1. The van der Waals surface area contributed by atoms with Crippen molar-refractivity contribution >= 4 is 21.8 Å². The molecule has 0 radical (unpaired) electrons. The van der Waals surface area contributed by atoms with E-state index in [-0.39, 0.29) is 5.91 Å². The monoisotopic (exact) mass is 241 g/mol. The first kappa shape index (κ1) is 10.3. The van der Waals surface area contributed by atoms with Gasteiger partial charge in [0.15, 0.2) is 0 Å². The molecular formula is C10H12BrNO. The minimum atomic E-state index is -0.386. The van der Waals surface area contributed by atoms with E-state index in [1.807, 2.05) is 12.1 Å². The second-order valence-electron chi connectivity index (χ2n) is 3.29. The number of halogens is 1. The van der Waals surface area contributed by atoms with Crippen LogP contribution in [0.3, 0.4) is 0 Å². The predicted octanol–water partition coefficient (Wildman–Crippen LogP) is 2.67. The highest BCUT2D eigenvalue weighted by Crippen LogP contribution is 2.21. The highest BCUT2D eigenvalue weighted by atomic mass is 79.9. The topological polar surface area (TPSA) is 43.1 Å². The fraction of sp³-hybridized carbons (Fsp3) is 0.300. The molecule has 0 unspecified atom stereocenters. The third kappa shape index (κ3) is 2.56. The summed E-state index contributed by atoms with van der Waals surface area (Å²) < 4.78 is 0.896. The maximum Gasteiger partial charge on any atom is 0.248 e. The second kappa shape index (κ2) is 3.92. The summed E-state index contributed by atoms with van der Waals surface area (Å²) in [5.41, 5.74) is 6.86. The van der Waals surface area contributed by atoms with Crippen molar-refractivity contribution in [3.05, 3.63) is 33.8 Å². The molecule has 0 aliphatic carbocycles. The van der Waals surface area contributed by atoms with Crippen LogP contribution in [0.25, 0.3) is 0 Å². The van der Waals surface area contributed by atoms with Gasteiger partial charge in [-0.25, -0.2) is 0 Å². The van der Waals surface area contributed by atoms with Gasteiger partial charge in [0.1, 0.15) is 0 Å². The minimum Gasteiger partial charge on any atom is -0.366 e. The van der Waals surface area contributed by atoms with Gasteiger partial charge in [0.25, 0.3) is 0 Å². The lowest BCUT2D eigenvalue weighted by atomic mass is 10.0. The van der Waals surface area contributed by atoms with Gasteiger partial charge in [0.05, 0.1) is 0 Å². The number of hydrogen-bond donors (Lipinski definition) is 1. The maximum atomic E-state index is 10.9. The van der Waals surface area contributed by atoms with Crippen molar-refractivity contribution in [3.8, 4) is 0 Å². The van der Waals surface area contributed by atoms with Crippen LogP contribution >= 0.6 is 15.9 Å². The summed E-state index contributed by atoms with van der Waals surface area (Å²) in [6, 6.07) is 5.56. The van der Waals surface area contributed by atoms with Crippen LogP contribution in [0.1, 0.15) is 35.7 Å². The van der Waals surface area contributed by atoms with Crippen LogP contribution in [0.5, 0.6) is 0 Å². The van der Waals surface area contributed by atoms with Crippen LogP contribution < -0.4 is 5.73 Å². The molecule has 0 heterocycles. The molecule has 0 fully saturated rings. The Bertz CT molecular complexity index is 334. The van der Waals surface area contributed by atoms with Crippen LogP contribution in [0.2, 0.25) is 0 Å². The number of primary amides is 1. The van der Waals surface area contributed by atoms with Crippen molar-refractivity contribution in [3.63, 3.8) is 0 Å². The van der Waals surface area contributed by atoms with E-state index in [2.05, 4.69) is 29.8 Å². The largest absolute Gasteiger partial charge is 0.366 e. The maximum absolute atomic E-state index is 10.9. The highest BCUT2D eigenvalue weighted by molar-refractivity contribution is 9.10. The van der Waals surface area contributed by atoms with Gasteiger partial charge < -0.3 is 5.73 Å². The normalized spacial score (nSPS) is 10.5. The zero-order chi connectivity index (χ0) is 10.0. The predicted molar refractivity (Wildman–Crippen MR) is 56.7 cm³/mol. The summed E-state index contributed by atoms with van der Waals surface area (Å²) in [7, 11) is 0. The van der Waals surface area contributed by atoms with Crippen molar-refractivity contribution in [1.82, 2.24) is 0 Å². The average molecular weight is 242 g/mol. The van der Waals surface area contributed by atoms with E-state index in [4.69, 9.17) is 5.73 Å². The molecule has 13 heavy (non-hydrogen) atoms. The molecule has 0 saturated heterocycles. The number of nitrogens with two attached hydrogens (primary N) is 1. The summed E-state index contributed by atoms with van der Waals surface area (Å²) in [5, 5.41) is 0. The molecule has 0 saturated carbocycles. The minimum absolute atomic E-state index is 0.386. The van der Waals surface area contributed by atoms with Gasteiger partial charge >= 0.3 is 0 Å². The van der Waals surface area contributed by atoms with Crippen LogP contribution in [0, 0.1) is 0 Å². The Balaban J connectivity index is 3.19. The van der Waals surface area contributed by atoms with Crippen molar-refractivity contribution < 1.29 is 4.79 Å². The number of rotatable bonds is 2. The number of carbonyl (C=O) groups excluding carboxylic acids is 1. The van der Waals surface area contributed by atoms with E-state index in [9.17, 15) is 4.79 Å². The van der Waals surface area contributed by atoms with E-state index >= 15 is 0 Å². The number of carbonyl (C=O) groups is 1. The fourth-order valence-corrected chi connectivity index (χ4v) is 1.60. The first-order valence-electron chi connectivity index (χ1n) is 4.11. The summed E-state index contributed by atoms with van der Waals surface area (Å²) in [4.78, 5) is 10.9. The van der Waals surface area contributed by atoms with E-state index in [0.717, 1.165) is 10.0 Å². The van der Waals surface area contributed by atoms with Gasteiger partial charge in [-0.3, -0.25) is 4.79 Å². The summed E-state index contributed by atoms with van der Waals surface area (Å²) in [5.74, 6) is 0.0128. The van der Waals surface area contributed by atoms with Gasteiger partial charge in [-0.15, -0.1) is 0 Å². The number of benzene rings is 1. The van der Waals surface area contributed by atoms with Gasteiger partial charge in [0, 0.05) is 10.0 Å². The molecule has 0 spiro atoms. The van der Waals surface area contributed by atoms with Crippen molar-refractivity contribution in [1.29, 1.82) is 0 Å². The molecule has 0 atom stereocenters. The van der Waals surface area contributed by atoms with E-state index in [1.165, 1.54) is 0 Å². The first-order valence-corrected chi connectivity index (χ1v) is 4.90. The van der Waals surface area contributed by atoms with E-state index in [0.29, 0.717) is 11.5 Å². The van der Waals surface area contributed by atoms with Crippen molar-refractivity contribution in [2.45, 2.75) is 19.8 Å². The molecule has 0 aliphatic heterocycles. The Hall–Kier alpha value is -0.830. The number of hydrogen-bond acceptors (Lipinski definition) is 1. The van der Waals surface area contributed by atoms with Crippen molar-refractivity contribution in [2.24, 2.45) is 5.73 Å². The molecule has 2 nitrogen and oxygen atoms in total. The zero-order valence-corrected chi connectivity index (χ0v) is 9.26. The summed E-state index contributed by atoms with van der Waals surface area (Å²) in [6.45, 7) is 4.15. The standard InChI is InChI=1S/C10H12BrNO/c1-6(2)7-3-8(10(12)13)5-9(11)4-7/h3-6H,1-2H3,(H2,12,13). The fourth-order valence-electron chi connectivity index (χ4n) is 1.09. The lowest BCUT2D eigenvalue weighted by molar-refractivity contribution is 0.1000. The van der Waals surface area contributed by atoms with Gasteiger partial charge in [0.2, 0.25) is 5.91 Å². The Morgan fingerprint density at radius 2 is 2.00 bits per heavy atom. The third-order valence-electron chi connectivity index (χ3n) is 1.87. The molecule has 1 aromatic rings. The van der Waals surface area contributed by atoms with Crippen LogP contribution in [-0.4, -0.2) is 5.91 Å². The van der Waals surface area contributed by atoms with Gasteiger partial charge in [-0.2, -0.15) is 0 Å². The highest BCUT2D eigenvalue weighted by Gasteiger charge is 2.06. The second-order valence-corrected chi connectivity index (χ2v) is 4.21. The Morgan fingerprint density at radius 3 is 2.46 bits per heavy atom. The first-order chi connectivity index (χ1) is 6.00. The smallest absolute Gasteiger partial charge is 0.248 e. The average Bonchev–Trinajstić information content (AvgIpc) is 2.03. The van der Waals surface area contributed by atoms with E-state index in [1.54, 1.807) is 6.07 Å². The Labute approximate surface area is 86.3 Å². The molecule has 1 aromatic carbocycles. The molecule has 70 valence electrons. The van der Waals surface area contributed by atoms with Crippen LogP contribution in [0.15, 0.2) is 22.7 Å². The molecule has 3 heteroatoms. The molecule has 0 aliphatic rings. The van der Waals surface area contributed by atoms with Crippen molar-refractivity contribution in [2.75, 3.05) is 0 Å². The molecule has 0 aromatic heterocycles. The molecular weight excluding hydrogens is 230 g/mol. The van der Waals surface area contributed by atoms with Gasteiger partial charge in [-0.05, 0) is 29.7 Å². The zero-order valence-electron chi connectivity index (χ0n) is 7.67. The summed E-state index contributed by atoms with van der Waals surface area (Å²) >= 11 is 3.34.